The van der Waals surface area contributed by atoms with Gasteiger partial charge in [-0.05, 0) is 42.7 Å². The lowest BCUT2D eigenvalue weighted by molar-refractivity contribution is -0.274. The summed E-state index contributed by atoms with van der Waals surface area (Å²) in [4.78, 5) is 18.2. The molecule has 1 amide bonds. The monoisotopic (exact) mass is 457 g/mol. The summed E-state index contributed by atoms with van der Waals surface area (Å²) in [6.45, 7) is 0.676. The molecule has 1 aromatic heterocycles. The highest BCUT2D eigenvalue weighted by Gasteiger charge is 2.33. The van der Waals surface area contributed by atoms with Crippen molar-refractivity contribution in [3.63, 3.8) is 0 Å². The first kappa shape index (κ1) is 23.0. The number of rotatable bonds is 6. The van der Waals surface area contributed by atoms with Crippen molar-refractivity contribution in [3.05, 3.63) is 54.4 Å². The molecule has 0 unspecified atom stereocenters. The highest BCUT2D eigenvalue weighted by atomic mass is 32.2. The quantitative estimate of drug-likeness (QED) is 0.666. The SMILES string of the molecule is CN(Cc1ccc(OC(F)(F)F)cc1)C(=O)C1CCN(S(=O)(=O)c2cccnc2)CC1. The Morgan fingerprint density at radius 3 is 2.39 bits per heavy atom. The maximum absolute atomic E-state index is 12.8. The van der Waals surface area contributed by atoms with Gasteiger partial charge in [0.2, 0.25) is 15.9 Å². The number of nitrogens with zero attached hydrogens (tertiary/aromatic N) is 3. The molecule has 0 saturated carbocycles. The molecule has 0 spiro atoms. The third-order valence-electron chi connectivity index (χ3n) is 5.03. The molecular weight excluding hydrogens is 435 g/mol. The predicted octanol–water partition coefficient (Wildman–Crippen LogP) is 3.04. The zero-order chi connectivity index (χ0) is 22.6. The van der Waals surface area contributed by atoms with E-state index in [9.17, 15) is 26.4 Å². The highest BCUT2D eigenvalue weighted by molar-refractivity contribution is 7.89. The van der Waals surface area contributed by atoms with Gasteiger partial charge in [-0.2, -0.15) is 4.31 Å². The van der Waals surface area contributed by atoms with Crippen molar-refractivity contribution in [1.29, 1.82) is 0 Å². The number of benzene rings is 1. The Bertz CT molecular complexity index is 991. The van der Waals surface area contributed by atoms with Crippen LogP contribution in [0.3, 0.4) is 0 Å². The Hall–Kier alpha value is -2.66. The van der Waals surface area contributed by atoms with E-state index >= 15 is 0 Å². The fourth-order valence-electron chi connectivity index (χ4n) is 3.45. The molecule has 0 bridgehead atoms. The predicted molar refractivity (Wildman–Crippen MR) is 105 cm³/mol. The topological polar surface area (TPSA) is 79.8 Å². The van der Waals surface area contributed by atoms with Crippen molar-refractivity contribution < 1.29 is 31.1 Å². The average Bonchev–Trinajstić information content (AvgIpc) is 2.74. The molecule has 1 aliphatic rings. The van der Waals surface area contributed by atoms with Crippen LogP contribution in [0.4, 0.5) is 13.2 Å². The van der Waals surface area contributed by atoms with Crippen molar-refractivity contribution in [2.45, 2.75) is 30.6 Å². The van der Waals surface area contributed by atoms with Crippen LogP contribution in [0.2, 0.25) is 0 Å². The number of carbonyl (C=O) groups excluding carboxylic acids is 1. The molecule has 0 aliphatic carbocycles. The molecule has 3 rings (SSSR count). The fraction of sp³-hybridized carbons (Fsp3) is 0.400. The van der Waals surface area contributed by atoms with E-state index in [2.05, 4.69) is 9.72 Å². The molecular formula is C20H22F3N3O4S. The van der Waals surface area contributed by atoms with Gasteiger partial charge < -0.3 is 9.64 Å². The van der Waals surface area contributed by atoms with Crippen LogP contribution in [0.5, 0.6) is 5.75 Å². The summed E-state index contributed by atoms with van der Waals surface area (Å²) in [5.74, 6) is -0.778. The van der Waals surface area contributed by atoms with E-state index in [-0.39, 0.29) is 42.1 Å². The second-order valence-electron chi connectivity index (χ2n) is 7.25. The smallest absolute Gasteiger partial charge is 0.406 e. The number of hydrogen-bond donors (Lipinski definition) is 0. The van der Waals surface area contributed by atoms with Gasteiger partial charge in [-0.25, -0.2) is 8.42 Å². The minimum atomic E-state index is -4.76. The zero-order valence-electron chi connectivity index (χ0n) is 16.7. The number of amides is 1. The third kappa shape index (κ3) is 5.95. The Labute approximate surface area is 178 Å². The number of hydrogen-bond acceptors (Lipinski definition) is 5. The van der Waals surface area contributed by atoms with Crippen LogP contribution in [0, 0.1) is 5.92 Å². The van der Waals surface area contributed by atoms with Crippen molar-refractivity contribution >= 4 is 15.9 Å². The summed E-state index contributed by atoms with van der Waals surface area (Å²) >= 11 is 0. The number of piperidine rings is 1. The minimum absolute atomic E-state index is 0.120. The van der Waals surface area contributed by atoms with Crippen molar-refractivity contribution in [2.24, 2.45) is 5.92 Å². The molecule has 168 valence electrons. The summed E-state index contributed by atoms with van der Waals surface area (Å²) in [6, 6.07) is 8.37. The van der Waals surface area contributed by atoms with Gasteiger partial charge in [-0.1, -0.05) is 12.1 Å². The maximum Gasteiger partial charge on any atom is 0.573 e. The molecule has 2 aromatic rings. The fourth-order valence-corrected chi connectivity index (χ4v) is 4.89. The van der Waals surface area contributed by atoms with Gasteiger partial charge >= 0.3 is 6.36 Å². The van der Waals surface area contributed by atoms with E-state index in [0.717, 1.165) is 0 Å². The van der Waals surface area contributed by atoms with Gasteiger partial charge in [0, 0.05) is 45.0 Å². The standard InChI is InChI=1S/C20H22F3N3O4S/c1-25(14-15-4-6-17(7-5-15)30-20(21,22)23)19(27)16-8-11-26(12-9-16)31(28,29)18-3-2-10-24-13-18/h2-7,10,13,16H,8-9,11-12,14H2,1H3. The number of aromatic nitrogens is 1. The van der Waals surface area contributed by atoms with Crippen molar-refractivity contribution in [3.8, 4) is 5.75 Å². The molecule has 0 atom stereocenters. The summed E-state index contributed by atoms with van der Waals surface area (Å²) in [5, 5.41) is 0. The first-order valence-corrected chi connectivity index (χ1v) is 11.0. The third-order valence-corrected chi connectivity index (χ3v) is 6.91. The van der Waals surface area contributed by atoms with Crippen LogP contribution in [0.25, 0.3) is 0 Å². The molecule has 7 nitrogen and oxygen atoms in total. The Balaban J connectivity index is 1.54. The van der Waals surface area contributed by atoms with Gasteiger partial charge in [0.05, 0.1) is 0 Å². The molecule has 31 heavy (non-hydrogen) atoms. The Morgan fingerprint density at radius 2 is 1.84 bits per heavy atom. The van der Waals surface area contributed by atoms with E-state index in [1.165, 1.54) is 51.9 Å². The number of halogens is 3. The summed E-state index contributed by atoms with van der Waals surface area (Å²) in [6.07, 6.45) is -1.18. The second kappa shape index (κ2) is 9.23. The van der Waals surface area contributed by atoms with E-state index in [4.69, 9.17) is 0 Å². The Morgan fingerprint density at radius 1 is 1.19 bits per heavy atom. The number of sulfonamides is 1. The van der Waals surface area contributed by atoms with Gasteiger partial charge in [0.15, 0.2) is 0 Å². The van der Waals surface area contributed by atoms with Crippen LogP contribution in [-0.4, -0.2) is 55.0 Å². The van der Waals surface area contributed by atoms with Crippen molar-refractivity contribution in [1.82, 2.24) is 14.2 Å². The lowest BCUT2D eigenvalue weighted by Gasteiger charge is -2.32. The number of ether oxygens (including phenoxy) is 1. The van der Waals surface area contributed by atoms with Crippen LogP contribution in [0.15, 0.2) is 53.7 Å². The van der Waals surface area contributed by atoms with Gasteiger partial charge in [-0.3, -0.25) is 9.78 Å². The summed E-state index contributed by atoms with van der Waals surface area (Å²) in [5.41, 5.74) is 0.655. The van der Waals surface area contributed by atoms with E-state index in [1.807, 2.05) is 0 Å². The largest absolute Gasteiger partial charge is 0.573 e. The minimum Gasteiger partial charge on any atom is -0.406 e. The van der Waals surface area contributed by atoms with Crippen LogP contribution in [0.1, 0.15) is 18.4 Å². The summed E-state index contributed by atoms with van der Waals surface area (Å²) in [7, 11) is -2.03. The van der Waals surface area contributed by atoms with Gasteiger partial charge in [0.1, 0.15) is 10.6 Å². The zero-order valence-corrected chi connectivity index (χ0v) is 17.6. The van der Waals surface area contributed by atoms with E-state index < -0.39 is 16.4 Å². The normalized spacial score (nSPS) is 16.1. The highest BCUT2D eigenvalue weighted by Crippen LogP contribution is 2.26. The maximum atomic E-state index is 12.8. The van der Waals surface area contributed by atoms with E-state index in [1.54, 1.807) is 13.1 Å². The van der Waals surface area contributed by atoms with Crippen LogP contribution >= 0.6 is 0 Å². The lowest BCUT2D eigenvalue weighted by atomic mass is 9.96. The molecule has 1 fully saturated rings. The van der Waals surface area contributed by atoms with Gasteiger partial charge in [-0.15, -0.1) is 13.2 Å². The number of carbonyl (C=O) groups is 1. The van der Waals surface area contributed by atoms with Crippen LogP contribution < -0.4 is 4.74 Å². The number of alkyl halides is 3. The molecule has 1 saturated heterocycles. The molecule has 1 aliphatic heterocycles. The molecule has 2 heterocycles. The second-order valence-corrected chi connectivity index (χ2v) is 9.19. The van der Waals surface area contributed by atoms with Crippen molar-refractivity contribution in [2.75, 3.05) is 20.1 Å². The molecule has 0 N–H and O–H groups in total. The Kier molecular flexibility index (Phi) is 6.85. The summed E-state index contributed by atoms with van der Waals surface area (Å²) < 4.78 is 67.2. The molecule has 0 radical (unpaired) electrons. The van der Waals surface area contributed by atoms with Crippen LogP contribution in [-0.2, 0) is 21.4 Å². The first-order valence-electron chi connectivity index (χ1n) is 9.56. The molecule has 11 heteroatoms. The van der Waals surface area contributed by atoms with E-state index in [0.29, 0.717) is 18.4 Å². The average molecular weight is 457 g/mol. The lowest BCUT2D eigenvalue weighted by Crippen LogP contribution is -2.43. The molecule has 1 aromatic carbocycles. The number of pyridine rings is 1. The first-order chi connectivity index (χ1) is 14.6. The van der Waals surface area contributed by atoms with Gasteiger partial charge in [0.25, 0.3) is 0 Å².